The van der Waals surface area contributed by atoms with Gasteiger partial charge in [-0.2, -0.15) is 0 Å². The van der Waals surface area contributed by atoms with Crippen LogP contribution in [0.1, 0.15) is 30.1 Å². The fourth-order valence-electron chi connectivity index (χ4n) is 3.91. The summed E-state index contributed by atoms with van der Waals surface area (Å²) in [5.74, 6) is -0.233. The highest BCUT2D eigenvalue weighted by atomic mass is 19.4. The molecule has 1 aliphatic heterocycles. The molecule has 0 unspecified atom stereocenters. The number of aromatic nitrogens is 2. The van der Waals surface area contributed by atoms with Crippen LogP contribution in [-0.4, -0.2) is 35.3 Å². The Labute approximate surface area is 193 Å². The lowest BCUT2D eigenvalue weighted by molar-refractivity contribution is -0.274. The summed E-state index contributed by atoms with van der Waals surface area (Å²) < 4.78 is 54.7. The second kappa shape index (κ2) is 9.66. The van der Waals surface area contributed by atoms with Crippen LogP contribution in [0, 0.1) is 11.7 Å². The predicted molar refractivity (Wildman–Crippen MR) is 119 cm³/mol. The monoisotopic (exact) mass is 474 g/mol. The third kappa shape index (κ3) is 5.62. The Bertz CT molecular complexity index is 1170. The van der Waals surface area contributed by atoms with Gasteiger partial charge in [-0.15, -0.1) is 13.2 Å². The molecule has 1 amide bonds. The molecule has 6 nitrogen and oxygen atoms in total. The van der Waals surface area contributed by atoms with Gasteiger partial charge in [0.15, 0.2) is 0 Å². The summed E-state index contributed by atoms with van der Waals surface area (Å²) >= 11 is 0. The Balaban J connectivity index is 1.59. The topological polar surface area (TPSA) is 67.4 Å². The second-order valence-corrected chi connectivity index (χ2v) is 8.02. The molecule has 1 fully saturated rings. The zero-order valence-electron chi connectivity index (χ0n) is 18.3. The molecular formula is C24H22F4N4O2. The quantitative estimate of drug-likeness (QED) is 0.467. The molecular weight excluding hydrogens is 452 g/mol. The van der Waals surface area contributed by atoms with Crippen molar-refractivity contribution in [1.82, 2.24) is 9.97 Å². The average Bonchev–Trinajstić information content (AvgIpc) is 3.28. The fourth-order valence-corrected chi connectivity index (χ4v) is 3.91. The van der Waals surface area contributed by atoms with Crippen LogP contribution < -0.4 is 15.0 Å². The number of rotatable bonds is 6. The van der Waals surface area contributed by atoms with Crippen molar-refractivity contribution >= 4 is 17.4 Å². The number of hydrogen-bond donors (Lipinski definition) is 1. The Hall–Kier alpha value is -3.69. The lowest BCUT2D eigenvalue weighted by Crippen LogP contribution is -2.22. The molecule has 178 valence electrons. The number of nitrogens with zero attached hydrogens (tertiary/aromatic N) is 3. The number of nitrogens with one attached hydrogen (secondary N) is 1. The van der Waals surface area contributed by atoms with E-state index in [1.54, 1.807) is 6.07 Å². The SMILES string of the molecule is CC[C@H]1CCN(c2ncc(C(=O)Nc3ccc(OC(F)(F)F)cc3)cc2-c2cncc(F)c2)C1. The molecule has 1 atom stereocenters. The third-order valence-corrected chi connectivity index (χ3v) is 5.65. The molecule has 1 aromatic carbocycles. The summed E-state index contributed by atoms with van der Waals surface area (Å²) in [6.07, 6.45) is 1.31. The number of carbonyl (C=O) groups is 1. The van der Waals surface area contributed by atoms with Crippen molar-refractivity contribution in [1.29, 1.82) is 0 Å². The molecule has 10 heteroatoms. The molecule has 1 N–H and O–H groups in total. The zero-order valence-corrected chi connectivity index (χ0v) is 18.3. The Morgan fingerprint density at radius 2 is 1.94 bits per heavy atom. The summed E-state index contributed by atoms with van der Waals surface area (Å²) in [6.45, 7) is 3.75. The molecule has 1 saturated heterocycles. The van der Waals surface area contributed by atoms with Gasteiger partial charge in [-0.25, -0.2) is 9.37 Å². The minimum atomic E-state index is -4.80. The van der Waals surface area contributed by atoms with Gasteiger partial charge in [-0.1, -0.05) is 13.3 Å². The molecule has 0 radical (unpaired) electrons. The first-order valence-electron chi connectivity index (χ1n) is 10.7. The van der Waals surface area contributed by atoms with Gasteiger partial charge in [0.1, 0.15) is 17.4 Å². The summed E-state index contributed by atoms with van der Waals surface area (Å²) in [4.78, 5) is 23.4. The summed E-state index contributed by atoms with van der Waals surface area (Å²) in [5.41, 5.74) is 1.56. The van der Waals surface area contributed by atoms with E-state index < -0.39 is 23.8 Å². The van der Waals surface area contributed by atoms with Gasteiger partial charge in [0.25, 0.3) is 5.91 Å². The van der Waals surface area contributed by atoms with Crippen molar-refractivity contribution in [3.05, 3.63) is 66.4 Å². The van der Waals surface area contributed by atoms with Crippen LogP contribution in [-0.2, 0) is 0 Å². The molecule has 0 saturated carbocycles. The van der Waals surface area contributed by atoms with E-state index in [0.29, 0.717) is 22.9 Å². The second-order valence-electron chi connectivity index (χ2n) is 8.02. The van der Waals surface area contributed by atoms with Crippen molar-refractivity contribution < 1.29 is 27.1 Å². The fraction of sp³-hybridized carbons (Fsp3) is 0.292. The highest BCUT2D eigenvalue weighted by Crippen LogP contribution is 2.34. The lowest BCUT2D eigenvalue weighted by atomic mass is 10.0. The first-order chi connectivity index (χ1) is 16.2. The minimum absolute atomic E-state index is 0.213. The number of anilines is 2. The van der Waals surface area contributed by atoms with E-state index in [-0.39, 0.29) is 11.3 Å². The normalized spacial score (nSPS) is 15.9. The van der Waals surface area contributed by atoms with Crippen LogP contribution in [0.4, 0.5) is 29.1 Å². The Morgan fingerprint density at radius 1 is 1.18 bits per heavy atom. The number of benzene rings is 1. The number of amides is 1. The first-order valence-corrected chi connectivity index (χ1v) is 10.7. The van der Waals surface area contributed by atoms with Gasteiger partial charge in [-0.05, 0) is 48.7 Å². The molecule has 3 heterocycles. The molecule has 0 bridgehead atoms. The van der Waals surface area contributed by atoms with Gasteiger partial charge < -0.3 is 15.0 Å². The molecule has 3 aromatic rings. The number of ether oxygens (including phenoxy) is 1. The maximum absolute atomic E-state index is 13.9. The van der Waals surface area contributed by atoms with Gasteiger partial charge in [0.05, 0.1) is 11.8 Å². The van der Waals surface area contributed by atoms with Crippen LogP contribution in [0.15, 0.2) is 55.0 Å². The summed E-state index contributed by atoms with van der Waals surface area (Å²) in [5, 5.41) is 2.62. The van der Waals surface area contributed by atoms with Crippen molar-refractivity contribution in [2.45, 2.75) is 26.1 Å². The van der Waals surface area contributed by atoms with Gasteiger partial charge >= 0.3 is 6.36 Å². The van der Waals surface area contributed by atoms with Crippen LogP contribution in [0.25, 0.3) is 11.1 Å². The van der Waals surface area contributed by atoms with E-state index >= 15 is 0 Å². The number of hydrogen-bond acceptors (Lipinski definition) is 5. The summed E-state index contributed by atoms with van der Waals surface area (Å²) in [6, 6.07) is 7.76. The van der Waals surface area contributed by atoms with Gasteiger partial charge in [0, 0.05) is 42.3 Å². The van der Waals surface area contributed by atoms with E-state index in [1.165, 1.54) is 30.6 Å². The highest BCUT2D eigenvalue weighted by Gasteiger charge is 2.31. The third-order valence-electron chi connectivity index (χ3n) is 5.65. The minimum Gasteiger partial charge on any atom is -0.406 e. The first kappa shape index (κ1) is 23.5. The highest BCUT2D eigenvalue weighted by molar-refractivity contribution is 6.05. The smallest absolute Gasteiger partial charge is 0.406 e. The van der Waals surface area contributed by atoms with Crippen molar-refractivity contribution in [3.8, 4) is 16.9 Å². The van der Waals surface area contributed by atoms with E-state index in [1.807, 2.05) is 0 Å². The molecule has 34 heavy (non-hydrogen) atoms. The predicted octanol–water partition coefficient (Wildman–Crippen LogP) is 5.67. The molecule has 0 spiro atoms. The van der Waals surface area contributed by atoms with E-state index in [9.17, 15) is 22.4 Å². The van der Waals surface area contributed by atoms with Crippen molar-refractivity contribution in [2.24, 2.45) is 5.92 Å². The van der Waals surface area contributed by atoms with E-state index in [0.717, 1.165) is 44.3 Å². The number of carbonyl (C=O) groups excluding carboxylic acids is 1. The van der Waals surface area contributed by atoms with Crippen LogP contribution in [0.3, 0.4) is 0 Å². The van der Waals surface area contributed by atoms with E-state index in [4.69, 9.17) is 0 Å². The van der Waals surface area contributed by atoms with Crippen molar-refractivity contribution in [3.63, 3.8) is 0 Å². The summed E-state index contributed by atoms with van der Waals surface area (Å²) in [7, 11) is 0. The molecule has 1 aliphatic rings. The van der Waals surface area contributed by atoms with Crippen LogP contribution in [0.2, 0.25) is 0 Å². The maximum Gasteiger partial charge on any atom is 0.573 e. The van der Waals surface area contributed by atoms with Crippen LogP contribution >= 0.6 is 0 Å². The Morgan fingerprint density at radius 3 is 2.59 bits per heavy atom. The zero-order chi connectivity index (χ0) is 24.3. The standard InChI is InChI=1S/C24H22F4N4O2/c1-2-15-7-8-32(14-15)22-21(16-9-18(25)13-29-11-16)10-17(12-30-22)23(33)31-19-3-5-20(6-4-19)34-24(26,27)28/h3-6,9-13,15H,2,7-8,14H2,1H3,(H,31,33)/t15-/m0/s1. The average molecular weight is 474 g/mol. The van der Waals surface area contributed by atoms with Gasteiger partial charge in [-0.3, -0.25) is 9.78 Å². The van der Waals surface area contributed by atoms with Gasteiger partial charge in [0.2, 0.25) is 0 Å². The van der Waals surface area contributed by atoms with Crippen molar-refractivity contribution in [2.75, 3.05) is 23.3 Å². The number of pyridine rings is 2. The molecule has 2 aromatic heterocycles. The number of alkyl halides is 3. The lowest BCUT2D eigenvalue weighted by Gasteiger charge is -2.21. The van der Waals surface area contributed by atoms with Crippen LogP contribution in [0.5, 0.6) is 5.75 Å². The molecule has 0 aliphatic carbocycles. The van der Waals surface area contributed by atoms with E-state index in [2.05, 4.69) is 31.8 Å². The maximum atomic E-state index is 13.9. The Kier molecular flexibility index (Phi) is 6.67. The molecule has 4 rings (SSSR count). The largest absolute Gasteiger partial charge is 0.573 e. The number of halogens is 4.